The van der Waals surface area contributed by atoms with Gasteiger partial charge in [-0.1, -0.05) is 0 Å². The zero-order valence-electron chi connectivity index (χ0n) is 8.12. The highest BCUT2D eigenvalue weighted by Gasteiger charge is 2.14. The van der Waals surface area contributed by atoms with E-state index in [4.69, 9.17) is 0 Å². The van der Waals surface area contributed by atoms with Crippen molar-refractivity contribution >= 4 is 16.9 Å². The van der Waals surface area contributed by atoms with Gasteiger partial charge < -0.3 is 5.32 Å². The highest BCUT2D eigenvalue weighted by molar-refractivity contribution is 5.87. The molecular formula is C10H12N4. The standard InChI is InChI=1S/C10H12N4/c1-7-3-4-8-9(12-7)13-14-6-2-5-11-10(8)14/h3-4,11H,2,5-6H2,1H3. The topological polar surface area (TPSA) is 42.7 Å². The van der Waals surface area contributed by atoms with Crippen LogP contribution in [0.5, 0.6) is 0 Å². The van der Waals surface area contributed by atoms with Crippen LogP contribution in [0.2, 0.25) is 0 Å². The molecule has 1 N–H and O–H groups in total. The van der Waals surface area contributed by atoms with E-state index in [-0.39, 0.29) is 0 Å². The molecule has 14 heavy (non-hydrogen) atoms. The molecule has 0 fully saturated rings. The van der Waals surface area contributed by atoms with Gasteiger partial charge >= 0.3 is 0 Å². The summed E-state index contributed by atoms with van der Waals surface area (Å²) in [4.78, 5) is 4.41. The molecule has 0 bridgehead atoms. The van der Waals surface area contributed by atoms with Crippen LogP contribution in [0.4, 0.5) is 5.82 Å². The number of hydrogen-bond acceptors (Lipinski definition) is 3. The first kappa shape index (κ1) is 7.79. The molecule has 0 aliphatic carbocycles. The van der Waals surface area contributed by atoms with Crippen LogP contribution in [-0.4, -0.2) is 21.3 Å². The zero-order chi connectivity index (χ0) is 9.54. The monoisotopic (exact) mass is 188 g/mol. The lowest BCUT2D eigenvalue weighted by Crippen LogP contribution is -2.17. The Hall–Kier alpha value is -1.58. The number of hydrogen-bond donors (Lipinski definition) is 1. The van der Waals surface area contributed by atoms with Crippen LogP contribution < -0.4 is 5.32 Å². The molecule has 0 aromatic carbocycles. The highest BCUT2D eigenvalue weighted by atomic mass is 15.4. The molecule has 3 rings (SSSR count). The molecule has 4 heteroatoms. The van der Waals surface area contributed by atoms with Crippen LogP contribution in [-0.2, 0) is 6.54 Å². The quantitative estimate of drug-likeness (QED) is 0.682. The first-order chi connectivity index (χ1) is 6.84. The molecule has 0 atom stereocenters. The summed E-state index contributed by atoms with van der Waals surface area (Å²) in [6, 6.07) is 4.12. The predicted octanol–water partition coefficient (Wildman–Crippen LogP) is 1.56. The second kappa shape index (κ2) is 2.70. The molecule has 0 saturated heterocycles. The number of aromatic nitrogens is 3. The van der Waals surface area contributed by atoms with Gasteiger partial charge in [-0.3, -0.25) is 0 Å². The number of rotatable bonds is 0. The highest BCUT2D eigenvalue weighted by Crippen LogP contribution is 2.24. The van der Waals surface area contributed by atoms with Crippen molar-refractivity contribution in [3.05, 3.63) is 17.8 Å². The summed E-state index contributed by atoms with van der Waals surface area (Å²) < 4.78 is 2.01. The van der Waals surface area contributed by atoms with E-state index in [9.17, 15) is 0 Å². The fourth-order valence-electron chi connectivity index (χ4n) is 1.89. The van der Waals surface area contributed by atoms with Crippen molar-refractivity contribution in [1.82, 2.24) is 14.8 Å². The van der Waals surface area contributed by atoms with Gasteiger partial charge in [-0.15, -0.1) is 0 Å². The smallest absolute Gasteiger partial charge is 0.183 e. The van der Waals surface area contributed by atoms with E-state index in [0.29, 0.717) is 0 Å². The summed E-state index contributed by atoms with van der Waals surface area (Å²) in [5.74, 6) is 1.12. The number of pyridine rings is 1. The minimum Gasteiger partial charge on any atom is -0.370 e. The third-order valence-corrected chi connectivity index (χ3v) is 2.58. The van der Waals surface area contributed by atoms with E-state index < -0.39 is 0 Å². The number of aryl methyl sites for hydroxylation is 2. The van der Waals surface area contributed by atoms with Gasteiger partial charge in [0.05, 0.1) is 5.39 Å². The third-order valence-electron chi connectivity index (χ3n) is 2.58. The van der Waals surface area contributed by atoms with Crippen molar-refractivity contribution in [1.29, 1.82) is 0 Å². The van der Waals surface area contributed by atoms with Crippen LogP contribution in [0.25, 0.3) is 11.0 Å². The van der Waals surface area contributed by atoms with Crippen molar-refractivity contribution in [2.45, 2.75) is 19.9 Å². The van der Waals surface area contributed by atoms with Crippen LogP contribution in [0.1, 0.15) is 12.1 Å². The number of nitrogens with zero attached hydrogens (tertiary/aromatic N) is 3. The molecule has 1 aliphatic heterocycles. The van der Waals surface area contributed by atoms with Gasteiger partial charge in [0, 0.05) is 18.8 Å². The predicted molar refractivity (Wildman–Crippen MR) is 55.4 cm³/mol. The van der Waals surface area contributed by atoms with E-state index in [1.165, 1.54) is 0 Å². The van der Waals surface area contributed by atoms with Gasteiger partial charge in [0.1, 0.15) is 5.82 Å². The maximum Gasteiger partial charge on any atom is 0.183 e. The Bertz CT molecular complexity index is 486. The Morgan fingerprint density at radius 1 is 1.43 bits per heavy atom. The van der Waals surface area contributed by atoms with Crippen molar-refractivity contribution < 1.29 is 0 Å². The summed E-state index contributed by atoms with van der Waals surface area (Å²) in [6.45, 7) is 4.03. The molecule has 0 spiro atoms. The first-order valence-corrected chi connectivity index (χ1v) is 4.92. The second-order valence-electron chi connectivity index (χ2n) is 3.68. The molecule has 2 aromatic heterocycles. The van der Waals surface area contributed by atoms with E-state index >= 15 is 0 Å². The summed E-state index contributed by atoms with van der Waals surface area (Å²) >= 11 is 0. The largest absolute Gasteiger partial charge is 0.370 e. The van der Waals surface area contributed by atoms with Crippen LogP contribution in [0.15, 0.2) is 12.1 Å². The van der Waals surface area contributed by atoms with Crippen LogP contribution >= 0.6 is 0 Å². The van der Waals surface area contributed by atoms with Gasteiger partial charge in [0.2, 0.25) is 0 Å². The lowest BCUT2D eigenvalue weighted by Gasteiger charge is -2.14. The van der Waals surface area contributed by atoms with Crippen molar-refractivity contribution in [2.24, 2.45) is 0 Å². The molecule has 2 aromatic rings. The third kappa shape index (κ3) is 0.999. The van der Waals surface area contributed by atoms with Crippen LogP contribution in [0.3, 0.4) is 0 Å². The van der Waals surface area contributed by atoms with Gasteiger partial charge in [0.25, 0.3) is 0 Å². The minimum absolute atomic E-state index is 0.856. The van der Waals surface area contributed by atoms with E-state index in [2.05, 4.69) is 21.5 Å². The molecule has 1 aliphatic rings. The zero-order valence-corrected chi connectivity index (χ0v) is 8.12. The van der Waals surface area contributed by atoms with Crippen molar-refractivity contribution in [2.75, 3.05) is 11.9 Å². The Kier molecular flexibility index (Phi) is 1.50. The van der Waals surface area contributed by atoms with Gasteiger partial charge in [-0.05, 0) is 25.5 Å². The minimum atomic E-state index is 0.856. The van der Waals surface area contributed by atoms with Gasteiger partial charge in [-0.25, -0.2) is 9.67 Å². The summed E-state index contributed by atoms with van der Waals surface area (Å²) in [5, 5.41) is 8.96. The molecule has 0 amide bonds. The molecule has 0 radical (unpaired) electrons. The Balaban J connectivity index is 2.31. The fourth-order valence-corrected chi connectivity index (χ4v) is 1.89. The molecule has 0 unspecified atom stereocenters. The molecule has 4 nitrogen and oxygen atoms in total. The summed E-state index contributed by atoms with van der Waals surface area (Å²) in [7, 11) is 0. The lowest BCUT2D eigenvalue weighted by atomic mass is 10.2. The maximum absolute atomic E-state index is 4.46. The van der Waals surface area contributed by atoms with E-state index in [1.807, 2.05) is 17.7 Å². The van der Waals surface area contributed by atoms with Crippen molar-refractivity contribution in [3.8, 4) is 0 Å². The number of nitrogens with one attached hydrogen (secondary N) is 1. The number of anilines is 1. The van der Waals surface area contributed by atoms with Crippen molar-refractivity contribution in [3.63, 3.8) is 0 Å². The maximum atomic E-state index is 4.46. The Labute approximate surface area is 81.9 Å². The lowest BCUT2D eigenvalue weighted by molar-refractivity contribution is 0.571. The second-order valence-corrected chi connectivity index (χ2v) is 3.68. The molecule has 72 valence electrons. The molecule has 0 saturated carbocycles. The van der Waals surface area contributed by atoms with Gasteiger partial charge in [-0.2, -0.15) is 5.10 Å². The number of fused-ring (bicyclic) bond motifs is 3. The Morgan fingerprint density at radius 2 is 2.36 bits per heavy atom. The fraction of sp³-hybridized carbons (Fsp3) is 0.400. The first-order valence-electron chi connectivity index (χ1n) is 4.92. The summed E-state index contributed by atoms with van der Waals surface area (Å²) in [5.41, 5.74) is 1.88. The Morgan fingerprint density at radius 3 is 3.29 bits per heavy atom. The molecule has 3 heterocycles. The van der Waals surface area contributed by atoms with Crippen LogP contribution in [0, 0.1) is 6.92 Å². The van der Waals surface area contributed by atoms with E-state index in [0.717, 1.165) is 42.1 Å². The average molecular weight is 188 g/mol. The summed E-state index contributed by atoms with van der Waals surface area (Å²) in [6.07, 6.45) is 1.14. The van der Waals surface area contributed by atoms with E-state index in [1.54, 1.807) is 0 Å². The SMILES string of the molecule is Cc1ccc2c3n(nc2n1)CCCN3. The normalized spacial score (nSPS) is 15.2. The average Bonchev–Trinajstić information content (AvgIpc) is 2.54. The van der Waals surface area contributed by atoms with Gasteiger partial charge in [0.15, 0.2) is 5.65 Å². The molecular weight excluding hydrogens is 176 g/mol.